The highest BCUT2D eigenvalue weighted by molar-refractivity contribution is 5.86. The zero-order valence-corrected chi connectivity index (χ0v) is 14.3. The van der Waals surface area contributed by atoms with E-state index in [-0.39, 0.29) is 0 Å². The number of benzene rings is 2. The van der Waals surface area contributed by atoms with Crippen LogP contribution in [0.3, 0.4) is 0 Å². The number of hydrogen-bond acceptors (Lipinski definition) is 2. The van der Waals surface area contributed by atoms with Gasteiger partial charge in [0.1, 0.15) is 5.75 Å². The van der Waals surface area contributed by atoms with Gasteiger partial charge in [-0.3, -0.25) is 0 Å². The summed E-state index contributed by atoms with van der Waals surface area (Å²) in [5.41, 5.74) is 5.45. The lowest BCUT2D eigenvalue weighted by Crippen LogP contribution is -2.25. The van der Waals surface area contributed by atoms with Gasteiger partial charge in [-0.25, -0.2) is 0 Å². The van der Waals surface area contributed by atoms with E-state index < -0.39 is 0 Å². The summed E-state index contributed by atoms with van der Waals surface area (Å²) < 4.78 is 5.54. The second-order valence-corrected chi connectivity index (χ2v) is 6.50. The van der Waals surface area contributed by atoms with Gasteiger partial charge in [-0.1, -0.05) is 42.5 Å². The lowest BCUT2D eigenvalue weighted by atomic mass is 9.78. The molecule has 0 amide bonds. The molecule has 1 aliphatic carbocycles. The highest BCUT2D eigenvalue weighted by Gasteiger charge is 2.24. The van der Waals surface area contributed by atoms with E-state index in [1.54, 1.807) is 7.11 Å². The first-order chi connectivity index (χ1) is 11.2. The van der Waals surface area contributed by atoms with Crippen LogP contribution in [0.5, 0.6) is 5.75 Å². The summed E-state index contributed by atoms with van der Waals surface area (Å²) in [5.74, 6) is 1.50. The molecule has 0 saturated carbocycles. The molecule has 1 unspecified atom stereocenters. The first-order valence-corrected chi connectivity index (χ1v) is 8.26. The molecule has 2 heteroatoms. The summed E-state index contributed by atoms with van der Waals surface area (Å²) in [7, 11) is 6.05. The molecule has 2 aromatic carbocycles. The Morgan fingerprint density at radius 3 is 2.61 bits per heavy atom. The maximum absolute atomic E-state index is 5.54. The summed E-state index contributed by atoms with van der Waals surface area (Å²) in [5, 5.41) is 0. The first-order valence-electron chi connectivity index (χ1n) is 8.26. The minimum atomic E-state index is 0.560. The number of hydrogen-bond donors (Lipinski definition) is 0. The average Bonchev–Trinajstić information content (AvgIpc) is 2.57. The molecule has 3 rings (SSSR count). The monoisotopic (exact) mass is 307 g/mol. The van der Waals surface area contributed by atoms with E-state index in [0.29, 0.717) is 5.92 Å². The van der Waals surface area contributed by atoms with Gasteiger partial charge in [0, 0.05) is 12.1 Å². The van der Waals surface area contributed by atoms with Gasteiger partial charge in [0.05, 0.1) is 7.11 Å². The minimum Gasteiger partial charge on any atom is -0.496 e. The van der Waals surface area contributed by atoms with E-state index in [0.717, 1.165) is 24.3 Å². The van der Waals surface area contributed by atoms with Crippen LogP contribution in [0.2, 0.25) is 0 Å². The van der Waals surface area contributed by atoms with E-state index in [1.165, 1.54) is 23.1 Å². The second-order valence-electron chi connectivity index (χ2n) is 6.50. The number of nitrogens with zero attached hydrogens (tertiary/aromatic N) is 1. The summed E-state index contributed by atoms with van der Waals surface area (Å²) in [6.07, 6.45) is 4.69. The molecule has 0 spiro atoms. The Morgan fingerprint density at radius 1 is 1.09 bits per heavy atom. The Bertz CT molecular complexity index is 702. The predicted octanol–water partition coefficient (Wildman–Crippen LogP) is 4.36. The molecule has 120 valence electrons. The van der Waals surface area contributed by atoms with E-state index in [9.17, 15) is 0 Å². The Labute approximate surface area is 139 Å². The Hall–Kier alpha value is -2.06. The van der Waals surface area contributed by atoms with Crippen LogP contribution in [0, 0.1) is 5.92 Å². The molecule has 0 aromatic heterocycles. The fourth-order valence-corrected chi connectivity index (χ4v) is 3.50. The molecule has 0 radical (unpaired) electrons. The smallest absolute Gasteiger partial charge is 0.126 e. The Balaban J connectivity index is 2.08. The number of methoxy groups -OCH3 is 1. The highest BCUT2D eigenvalue weighted by Crippen LogP contribution is 2.38. The fraction of sp³-hybridized carbons (Fsp3) is 0.333. The van der Waals surface area contributed by atoms with Crippen molar-refractivity contribution in [2.75, 3.05) is 27.7 Å². The van der Waals surface area contributed by atoms with Gasteiger partial charge < -0.3 is 9.64 Å². The highest BCUT2D eigenvalue weighted by atomic mass is 16.5. The van der Waals surface area contributed by atoms with Gasteiger partial charge in [-0.15, -0.1) is 0 Å². The zero-order valence-electron chi connectivity index (χ0n) is 14.3. The van der Waals surface area contributed by atoms with Crippen molar-refractivity contribution in [2.24, 2.45) is 5.92 Å². The van der Waals surface area contributed by atoms with Crippen molar-refractivity contribution in [1.82, 2.24) is 4.90 Å². The van der Waals surface area contributed by atoms with E-state index in [2.05, 4.69) is 61.5 Å². The standard InChI is InChI=1S/C21H25NO/c1-22(2)15-18-13-12-16-8-4-6-10-19(16)20(18)14-17-9-5-7-11-21(17)23-3/h4-11,14,18H,12-13,15H2,1-3H3. The quantitative estimate of drug-likeness (QED) is 0.832. The maximum atomic E-state index is 5.54. The predicted molar refractivity (Wildman–Crippen MR) is 97.7 cm³/mol. The van der Waals surface area contributed by atoms with Gasteiger partial charge in [-0.2, -0.15) is 0 Å². The minimum absolute atomic E-state index is 0.560. The van der Waals surface area contributed by atoms with Crippen LogP contribution < -0.4 is 4.74 Å². The lowest BCUT2D eigenvalue weighted by Gasteiger charge is -2.30. The van der Waals surface area contributed by atoms with Crippen molar-refractivity contribution in [3.05, 3.63) is 65.2 Å². The molecule has 0 aliphatic heterocycles. The third-order valence-corrected chi connectivity index (χ3v) is 4.57. The maximum Gasteiger partial charge on any atom is 0.126 e. The molecular formula is C21H25NO. The normalized spacial score (nSPS) is 19.0. The van der Waals surface area contributed by atoms with Crippen molar-refractivity contribution in [3.63, 3.8) is 0 Å². The molecule has 2 nitrogen and oxygen atoms in total. The summed E-state index contributed by atoms with van der Waals surface area (Å²) in [6.45, 7) is 1.08. The molecule has 2 aromatic rings. The zero-order chi connectivity index (χ0) is 16.2. The van der Waals surface area contributed by atoms with Crippen LogP contribution in [0.1, 0.15) is 23.1 Å². The molecule has 0 bridgehead atoms. The van der Waals surface area contributed by atoms with Crippen LogP contribution in [0.15, 0.2) is 48.5 Å². The largest absolute Gasteiger partial charge is 0.496 e. The molecule has 0 heterocycles. The number of aryl methyl sites for hydroxylation is 1. The topological polar surface area (TPSA) is 12.5 Å². The van der Waals surface area contributed by atoms with Gasteiger partial charge in [0.25, 0.3) is 0 Å². The molecule has 0 fully saturated rings. The molecule has 23 heavy (non-hydrogen) atoms. The number of rotatable bonds is 4. The Kier molecular flexibility index (Phi) is 4.82. The van der Waals surface area contributed by atoms with Crippen LogP contribution >= 0.6 is 0 Å². The second kappa shape index (κ2) is 7.01. The number of fused-ring (bicyclic) bond motifs is 1. The van der Waals surface area contributed by atoms with Crippen molar-refractivity contribution in [1.29, 1.82) is 0 Å². The van der Waals surface area contributed by atoms with E-state index >= 15 is 0 Å². The SMILES string of the molecule is COc1ccccc1C=C1c2ccccc2CCC1CN(C)C. The Morgan fingerprint density at radius 2 is 1.83 bits per heavy atom. The summed E-state index contributed by atoms with van der Waals surface area (Å²) >= 11 is 0. The van der Waals surface area contributed by atoms with Gasteiger partial charge in [-0.05, 0) is 61.7 Å². The molecule has 0 N–H and O–H groups in total. The molecule has 1 atom stereocenters. The number of para-hydroxylation sites is 1. The number of ether oxygens (including phenoxy) is 1. The fourth-order valence-electron chi connectivity index (χ4n) is 3.50. The van der Waals surface area contributed by atoms with Crippen molar-refractivity contribution in [3.8, 4) is 5.75 Å². The van der Waals surface area contributed by atoms with E-state index in [4.69, 9.17) is 4.74 Å². The molecule has 0 saturated heterocycles. The molecular weight excluding hydrogens is 282 g/mol. The van der Waals surface area contributed by atoms with Gasteiger partial charge >= 0.3 is 0 Å². The van der Waals surface area contributed by atoms with Gasteiger partial charge in [0.15, 0.2) is 0 Å². The van der Waals surface area contributed by atoms with Crippen molar-refractivity contribution >= 4 is 11.6 Å². The van der Waals surface area contributed by atoms with Crippen LogP contribution in [0.4, 0.5) is 0 Å². The lowest BCUT2D eigenvalue weighted by molar-refractivity contribution is 0.351. The third kappa shape index (κ3) is 3.48. The van der Waals surface area contributed by atoms with Gasteiger partial charge in [0.2, 0.25) is 0 Å². The first kappa shape index (κ1) is 15.8. The van der Waals surface area contributed by atoms with Crippen molar-refractivity contribution in [2.45, 2.75) is 12.8 Å². The van der Waals surface area contributed by atoms with Crippen LogP contribution in [-0.4, -0.2) is 32.6 Å². The van der Waals surface area contributed by atoms with E-state index in [1.807, 2.05) is 12.1 Å². The van der Waals surface area contributed by atoms with Crippen molar-refractivity contribution < 1.29 is 4.74 Å². The summed E-state index contributed by atoms with van der Waals surface area (Å²) in [4.78, 5) is 2.29. The summed E-state index contributed by atoms with van der Waals surface area (Å²) in [6, 6.07) is 17.1. The average molecular weight is 307 g/mol. The molecule has 1 aliphatic rings. The third-order valence-electron chi connectivity index (χ3n) is 4.57. The van der Waals surface area contributed by atoms with Crippen LogP contribution in [0.25, 0.3) is 11.6 Å². The van der Waals surface area contributed by atoms with Crippen LogP contribution in [-0.2, 0) is 6.42 Å².